The first-order chi connectivity index (χ1) is 17.5. The average molecular weight is 514 g/mol. The molecule has 4 N–H and O–H groups in total. The summed E-state index contributed by atoms with van der Waals surface area (Å²) in [4.78, 5) is 21.3. The van der Waals surface area contributed by atoms with Crippen LogP contribution in [-0.2, 0) is 12.8 Å². The Morgan fingerprint density at radius 2 is 1.84 bits per heavy atom. The fourth-order valence-corrected chi connectivity index (χ4v) is 5.07. The minimum atomic E-state index is -1.03. The number of nitrogens with zero attached hydrogens (tertiary/aromatic N) is 2. The van der Waals surface area contributed by atoms with E-state index in [-0.39, 0.29) is 42.5 Å². The van der Waals surface area contributed by atoms with Crippen molar-refractivity contribution in [3.8, 4) is 11.3 Å². The van der Waals surface area contributed by atoms with Crippen LogP contribution >= 0.6 is 0 Å². The van der Waals surface area contributed by atoms with Crippen LogP contribution in [0.3, 0.4) is 0 Å². The zero-order chi connectivity index (χ0) is 26.9. The molecule has 0 aliphatic heterocycles. The van der Waals surface area contributed by atoms with Crippen LogP contribution in [0.25, 0.3) is 11.3 Å². The molecule has 9 heteroatoms. The molecule has 4 rings (SSSR count). The number of nitrogens with two attached hydrogens (primary N) is 1. The molecule has 2 aromatic heterocycles. The number of carbonyl (C=O) groups is 1. The van der Waals surface area contributed by atoms with Gasteiger partial charge < -0.3 is 15.9 Å². The molecular formula is C28H30F3N3O3. The van der Waals surface area contributed by atoms with Crippen LogP contribution in [0.1, 0.15) is 59.8 Å². The van der Waals surface area contributed by atoms with Crippen molar-refractivity contribution in [2.75, 3.05) is 6.61 Å². The first-order valence-electron chi connectivity index (χ1n) is 12.2. The number of aromatic nitrogens is 2. The van der Waals surface area contributed by atoms with E-state index in [2.05, 4.69) is 9.97 Å². The molecule has 1 saturated carbocycles. The largest absolute Gasteiger partial charge is 0.396 e. The molecule has 0 saturated heterocycles. The summed E-state index contributed by atoms with van der Waals surface area (Å²) in [5.74, 6) is -3.56. The van der Waals surface area contributed by atoms with Gasteiger partial charge in [-0.2, -0.15) is 0 Å². The fraction of sp³-hybridized carbons (Fsp3) is 0.393. The Balaban J connectivity index is 1.63. The summed E-state index contributed by atoms with van der Waals surface area (Å²) >= 11 is 0. The predicted octanol–water partition coefficient (Wildman–Crippen LogP) is 4.11. The van der Waals surface area contributed by atoms with Crippen molar-refractivity contribution in [2.24, 2.45) is 11.7 Å². The van der Waals surface area contributed by atoms with Crippen LogP contribution in [0.4, 0.5) is 13.2 Å². The van der Waals surface area contributed by atoms with Gasteiger partial charge in [-0.1, -0.05) is 6.92 Å². The van der Waals surface area contributed by atoms with E-state index in [4.69, 9.17) is 10.8 Å². The van der Waals surface area contributed by atoms with Crippen molar-refractivity contribution in [2.45, 2.75) is 57.1 Å². The van der Waals surface area contributed by atoms with E-state index in [1.165, 1.54) is 6.07 Å². The number of hydrogen-bond acceptors (Lipinski definition) is 6. The minimum Gasteiger partial charge on any atom is -0.396 e. The van der Waals surface area contributed by atoms with E-state index in [1.54, 1.807) is 19.3 Å². The van der Waals surface area contributed by atoms with E-state index in [1.807, 2.05) is 13.0 Å². The number of benzene rings is 1. The van der Waals surface area contributed by atoms with Crippen LogP contribution in [0.2, 0.25) is 0 Å². The molecule has 0 unspecified atom stereocenters. The lowest BCUT2D eigenvalue weighted by Crippen LogP contribution is -2.54. The van der Waals surface area contributed by atoms with Crippen LogP contribution < -0.4 is 5.73 Å². The molecule has 1 aliphatic rings. The number of hydrogen-bond donors (Lipinski definition) is 3. The summed E-state index contributed by atoms with van der Waals surface area (Å²) < 4.78 is 44.0. The molecule has 6 nitrogen and oxygen atoms in total. The van der Waals surface area contributed by atoms with E-state index in [0.29, 0.717) is 18.4 Å². The van der Waals surface area contributed by atoms with Gasteiger partial charge >= 0.3 is 0 Å². The van der Waals surface area contributed by atoms with Crippen LogP contribution in [0, 0.1) is 23.4 Å². The number of rotatable bonds is 7. The Labute approximate surface area is 213 Å². The number of carbonyl (C=O) groups excluding carboxylic acids is 1. The summed E-state index contributed by atoms with van der Waals surface area (Å²) in [5.41, 5.74) is 5.61. The van der Waals surface area contributed by atoms with Gasteiger partial charge in [0.1, 0.15) is 28.8 Å². The van der Waals surface area contributed by atoms with Crippen molar-refractivity contribution in [3.05, 3.63) is 82.6 Å². The number of aliphatic hydroxyl groups excluding tert-OH is 1. The summed E-state index contributed by atoms with van der Waals surface area (Å²) in [6.45, 7) is 3.38. The van der Waals surface area contributed by atoms with E-state index < -0.39 is 46.1 Å². The van der Waals surface area contributed by atoms with Gasteiger partial charge in [-0.3, -0.25) is 9.78 Å². The molecule has 2 heterocycles. The van der Waals surface area contributed by atoms with Crippen LogP contribution in [-0.4, -0.2) is 44.2 Å². The van der Waals surface area contributed by atoms with Gasteiger partial charge in [-0.25, -0.2) is 18.2 Å². The zero-order valence-corrected chi connectivity index (χ0v) is 20.7. The second kappa shape index (κ2) is 10.7. The number of Topliss-reactive ketones (excluding diaryl/α,β-unsaturated/α-hetero) is 1. The minimum absolute atomic E-state index is 0.00777. The average Bonchev–Trinajstić information content (AvgIpc) is 2.84. The maximum atomic E-state index is 14.7. The lowest BCUT2D eigenvalue weighted by Gasteiger charge is -2.44. The van der Waals surface area contributed by atoms with Crippen molar-refractivity contribution in [3.63, 3.8) is 0 Å². The van der Waals surface area contributed by atoms with E-state index in [9.17, 15) is 23.1 Å². The highest BCUT2D eigenvalue weighted by Crippen LogP contribution is 2.42. The van der Waals surface area contributed by atoms with Crippen LogP contribution in [0.5, 0.6) is 0 Å². The molecule has 0 spiro atoms. The standard InChI is InChI=1S/C28H30F3N3O3/c1-15-9-17(13-25(32)28(15,2)37)19-5-7-33-14-18(19)12-24(36)23-4-3-20(29)27(34-23)26-21(30)10-16(6-8-35)11-22(26)31/h3-5,7,10-11,14-15,17,25,35,37H,6,8-9,12-13,32H2,1-2H3/t15-,17+,25+,28+/m0/s1. The lowest BCUT2D eigenvalue weighted by atomic mass is 9.67. The highest BCUT2D eigenvalue weighted by molar-refractivity contribution is 5.96. The van der Waals surface area contributed by atoms with Gasteiger partial charge in [0.2, 0.25) is 0 Å². The molecule has 1 aromatic carbocycles. The normalized spacial score (nSPS) is 23.7. The third kappa shape index (κ3) is 5.44. The summed E-state index contributed by atoms with van der Waals surface area (Å²) in [5, 5.41) is 19.7. The Morgan fingerprint density at radius 1 is 1.14 bits per heavy atom. The molecule has 37 heavy (non-hydrogen) atoms. The van der Waals surface area contributed by atoms with Crippen molar-refractivity contribution in [1.29, 1.82) is 0 Å². The van der Waals surface area contributed by atoms with E-state index in [0.717, 1.165) is 23.8 Å². The van der Waals surface area contributed by atoms with Gasteiger partial charge in [0.25, 0.3) is 0 Å². The third-order valence-corrected chi connectivity index (χ3v) is 7.53. The third-order valence-electron chi connectivity index (χ3n) is 7.53. The Hall–Kier alpha value is -3.14. The maximum absolute atomic E-state index is 14.7. The molecule has 1 fully saturated rings. The topological polar surface area (TPSA) is 109 Å². The number of aliphatic hydroxyl groups is 2. The quantitative estimate of drug-likeness (QED) is 0.410. The fourth-order valence-electron chi connectivity index (χ4n) is 5.07. The molecule has 0 bridgehead atoms. The summed E-state index contributed by atoms with van der Waals surface area (Å²) in [6, 6.07) is 5.56. The Bertz CT molecular complexity index is 1280. The zero-order valence-electron chi connectivity index (χ0n) is 20.7. The molecule has 0 amide bonds. The van der Waals surface area contributed by atoms with Gasteiger partial charge in [0, 0.05) is 31.5 Å². The smallest absolute Gasteiger partial charge is 0.185 e. The predicted molar refractivity (Wildman–Crippen MR) is 132 cm³/mol. The number of halogens is 3. The molecular weight excluding hydrogens is 483 g/mol. The highest BCUT2D eigenvalue weighted by atomic mass is 19.1. The maximum Gasteiger partial charge on any atom is 0.185 e. The Morgan fingerprint density at radius 3 is 2.49 bits per heavy atom. The first kappa shape index (κ1) is 26.9. The SMILES string of the molecule is C[C@H]1C[C@@H](c2ccncc2CC(=O)c2ccc(F)c(-c3c(F)cc(CCO)cc3F)n2)C[C@@H](N)[C@]1(C)O. The van der Waals surface area contributed by atoms with Gasteiger partial charge in [0.15, 0.2) is 5.78 Å². The first-order valence-corrected chi connectivity index (χ1v) is 12.2. The molecule has 1 aliphatic carbocycles. The second-order valence-corrected chi connectivity index (χ2v) is 10.0. The van der Waals surface area contributed by atoms with Crippen LogP contribution in [0.15, 0.2) is 42.7 Å². The highest BCUT2D eigenvalue weighted by Gasteiger charge is 2.42. The number of pyridine rings is 2. The Kier molecular flexibility index (Phi) is 7.77. The monoisotopic (exact) mass is 513 g/mol. The molecule has 196 valence electrons. The van der Waals surface area contributed by atoms with Gasteiger partial charge in [-0.05, 0) is 85.0 Å². The summed E-state index contributed by atoms with van der Waals surface area (Å²) in [7, 11) is 0. The van der Waals surface area contributed by atoms with Gasteiger partial charge in [-0.15, -0.1) is 0 Å². The molecule has 3 aromatic rings. The van der Waals surface area contributed by atoms with Gasteiger partial charge in [0.05, 0.1) is 11.2 Å². The molecule has 4 atom stereocenters. The van der Waals surface area contributed by atoms with Crippen molar-refractivity contribution >= 4 is 5.78 Å². The number of ketones is 1. The van der Waals surface area contributed by atoms with Crippen molar-refractivity contribution in [1.82, 2.24) is 9.97 Å². The van der Waals surface area contributed by atoms with Crippen molar-refractivity contribution < 1.29 is 28.2 Å². The molecule has 0 radical (unpaired) electrons. The lowest BCUT2D eigenvalue weighted by molar-refractivity contribution is -0.0464. The van der Waals surface area contributed by atoms with E-state index >= 15 is 0 Å². The summed E-state index contributed by atoms with van der Waals surface area (Å²) in [6.07, 6.45) is 4.37. The second-order valence-electron chi connectivity index (χ2n) is 10.0.